The van der Waals surface area contributed by atoms with Crippen LogP contribution in [-0.4, -0.2) is 35.3 Å². The zero-order chi connectivity index (χ0) is 28.8. The lowest BCUT2D eigenvalue weighted by molar-refractivity contribution is 0.0930. The summed E-state index contributed by atoms with van der Waals surface area (Å²) in [4.78, 5) is 27.5. The van der Waals surface area contributed by atoms with Crippen LogP contribution < -0.4 is 26.2 Å². The fraction of sp³-hybridized carbons (Fsp3) is 0.125. The molecule has 206 valence electrons. The summed E-state index contributed by atoms with van der Waals surface area (Å²) >= 11 is 29.4. The number of carbonyl (C=O) groups is 2. The molecule has 0 saturated heterocycles. The third-order valence-electron chi connectivity index (χ3n) is 5.02. The molecule has 0 aliphatic heterocycles. The lowest BCUT2D eigenvalue weighted by Crippen LogP contribution is -2.56. The minimum absolute atomic E-state index is 0.0252. The van der Waals surface area contributed by atoms with Gasteiger partial charge in [0.2, 0.25) is 3.79 Å². The molecule has 0 heterocycles. The van der Waals surface area contributed by atoms with Gasteiger partial charge < -0.3 is 16.0 Å². The lowest BCUT2D eigenvalue weighted by atomic mass is 10.1. The van der Waals surface area contributed by atoms with Crippen LogP contribution in [0, 0.1) is 6.92 Å². The lowest BCUT2D eigenvalue weighted by Gasteiger charge is -2.28. The van der Waals surface area contributed by atoms with Crippen LogP contribution in [0.25, 0.3) is 0 Å². The number of carbonyl (C=O) groups excluding carboxylic acids is 2. The Balaban J connectivity index is 1.69. The molecule has 39 heavy (non-hydrogen) atoms. The number of hydrazine groups is 1. The summed E-state index contributed by atoms with van der Waals surface area (Å²) in [6.07, 6.45) is -1.30. The van der Waals surface area contributed by atoms with Gasteiger partial charge in [0.1, 0.15) is 6.17 Å². The van der Waals surface area contributed by atoms with Crippen molar-refractivity contribution in [3.8, 4) is 0 Å². The summed E-state index contributed by atoms with van der Waals surface area (Å²) in [5.41, 5.74) is 3.51. The molecule has 0 aliphatic rings. The van der Waals surface area contributed by atoms with Crippen molar-refractivity contribution in [3.63, 3.8) is 0 Å². The molecule has 3 aromatic carbocycles. The third kappa shape index (κ3) is 8.94. The van der Waals surface area contributed by atoms with Crippen molar-refractivity contribution in [2.75, 3.05) is 5.32 Å². The van der Waals surface area contributed by atoms with E-state index in [0.717, 1.165) is 5.56 Å². The maximum Gasteiger partial charge on any atom is 0.268 e. The second-order valence-electron chi connectivity index (χ2n) is 7.98. The Hall–Kier alpha value is -2.64. The number of hydrogen-bond acceptors (Lipinski definition) is 5. The smallest absolute Gasteiger partial charge is 0.268 e. The number of halogens is 4. The molecule has 0 radical (unpaired) electrons. The number of anilines is 1. The molecular formula is C24H21Cl4N5O4S2. The van der Waals surface area contributed by atoms with Gasteiger partial charge in [0.25, 0.3) is 21.8 Å². The largest absolute Gasteiger partial charge is 0.339 e. The molecule has 0 saturated carbocycles. The average Bonchev–Trinajstić information content (AvgIpc) is 2.87. The molecule has 2 amide bonds. The first-order chi connectivity index (χ1) is 18.3. The van der Waals surface area contributed by atoms with Crippen LogP contribution in [0.2, 0.25) is 5.02 Å². The van der Waals surface area contributed by atoms with Crippen molar-refractivity contribution >= 4 is 91.3 Å². The number of rotatable bonds is 8. The summed E-state index contributed by atoms with van der Waals surface area (Å²) in [7, 11) is -4.02. The summed E-state index contributed by atoms with van der Waals surface area (Å²) in [6, 6.07) is 18.4. The Kier molecular flexibility index (Phi) is 10.4. The Morgan fingerprint density at radius 3 is 2.21 bits per heavy atom. The van der Waals surface area contributed by atoms with Gasteiger partial charge in [-0.2, -0.15) is 0 Å². The maximum absolute atomic E-state index is 12.8. The van der Waals surface area contributed by atoms with Crippen LogP contribution in [-0.2, 0) is 10.0 Å². The van der Waals surface area contributed by atoms with Crippen LogP contribution in [0.1, 0.15) is 26.3 Å². The molecule has 9 nitrogen and oxygen atoms in total. The minimum Gasteiger partial charge on any atom is -0.339 e. The summed E-state index contributed by atoms with van der Waals surface area (Å²) in [5, 5.41) is 8.22. The summed E-state index contributed by atoms with van der Waals surface area (Å²) < 4.78 is 23.0. The van der Waals surface area contributed by atoms with Crippen LogP contribution in [0.5, 0.6) is 0 Å². The summed E-state index contributed by atoms with van der Waals surface area (Å²) in [5.74, 6) is -1.37. The second-order valence-corrected chi connectivity index (χ2v) is 12.9. The van der Waals surface area contributed by atoms with Crippen molar-refractivity contribution in [2.45, 2.75) is 21.8 Å². The van der Waals surface area contributed by atoms with Gasteiger partial charge in [0.05, 0.1) is 16.1 Å². The first-order valence-corrected chi connectivity index (χ1v) is 14.3. The third-order valence-corrected chi connectivity index (χ3v) is 7.39. The van der Waals surface area contributed by atoms with Crippen molar-refractivity contribution in [3.05, 3.63) is 94.5 Å². The van der Waals surface area contributed by atoms with Gasteiger partial charge in [-0.05, 0) is 61.6 Å². The van der Waals surface area contributed by atoms with Gasteiger partial charge in [-0.3, -0.25) is 15.0 Å². The van der Waals surface area contributed by atoms with Gasteiger partial charge in [-0.25, -0.2) is 8.42 Å². The topological polar surface area (TPSA) is 128 Å². The van der Waals surface area contributed by atoms with E-state index in [-0.39, 0.29) is 26.8 Å². The first-order valence-electron chi connectivity index (χ1n) is 10.9. The quantitative estimate of drug-likeness (QED) is 0.104. The average molecular weight is 649 g/mol. The van der Waals surface area contributed by atoms with Crippen LogP contribution in [0.4, 0.5) is 5.69 Å². The van der Waals surface area contributed by atoms with Crippen LogP contribution in [0.3, 0.4) is 0 Å². The molecule has 0 aromatic heterocycles. The zero-order valence-electron chi connectivity index (χ0n) is 20.0. The second kappa shape index (κ2) is 13.1. The fourth-order valence-corrected chi connectivity index (χ4v) is 4.67. The Labute approximate surface area is 250 Å². The van der Waals surface area contributed by atoms with Gasteiger partial charge in [-0.15, -0.1) is 4.83 Å². The highest BCUT2D eigenvalue weighted by atomic mass is 35.6. The van der Waals surface area contributed by atoms with E-state index in [4.69, 9.17) is 58.6 Å². The molecule has 3 aromatic rings. The molecule has 1 atom stereocenters. The van der Waals surface area contributed by atoms with Gasteiger partial charge in [0, 0.05) is 10.6 Å². The number of amides is 2. The maximum atomic E-state index is 12.8. The number of aryl methyl sites for hydroxylation is 1. The van der Waals surface area contributed by atoms with E-state index in [9.17, 15) is 18.0 Å². The monoisotopic (exact) mass is 647 g/mol. The zero-order valence-corrected chi connectivity index (χ0v) is 24.6. The van der Waals surface area contributed by atoms with Crippen LogP contribution >= 0.6 is 58.6 Å². The van der Waals surface area contributed by atoms with Crippen molar-refractivity contribution in [1.82, 2.24) is 20.9 Å². The fourth-order valence-electron chi connectivity index (χ4n) is 3.08. The molecule has 3 rings (SSSR count). The van der Waals surface area contributed by atoms with Gasteiger partial charge in [0.15, 0.2) is 5.11 Å². The van der Waals surface area contributed by atoms with Crippen molar-refractivity contribution in [2.24, 2.45) is 0 Å². The molecule has 0 spiro atoms. The molecule has 0 fully saturated rings. The predicted molar refractivity (Wildman–Crippen MR) is 158 cm³/mol. The summed E-state index contributed by atoms with van der Waals surface area (Å²) in [6.45, 7) is 1.82. The Morgan fingerprint density at radius 2 is 1.56 bits per heavy atom. The van der Waals surface area contributed by atoms with Gasteiger partial charge >= 0.3 is 0 Å². The van der Waals surface area contributed by atoms with Crippen molar-refractivity contribution < 1.29 is 18.0 Å². The van der Waals surface area contributed by atoms with Crippen molar-refractivity contribution in [1.29, 1.82) is 0 Å². The highest BCUT2D eigenvalue weighted by molar-refractivity contribution is 7.89. The highest BCUT2D eigenvalue weighted by Crippen LogP contribution is 2.29. The number of sulfonamides is 1. The number of benzene rings is 3. The van der Waals surface area contributed by atoms with E-state index in [1.165, 1.54) is 36.4 Å². The SMILES string of the molecule is Cc1ccc(S(=O)(=O)NNC(=O)c2ccccc2NC(=S)NC(NC(=O)c2cccc(Cl)c2)C(Cl)(Cl)Cl)cc1. The molecule has 0 bridgehead atoms. The Morgan fingerprint density at radius 1 is 0.897 bits per heavy atom. The van der Waals surface area contributed by atoms with E-state index in [1.807, 2.05) is 6.92 Å². The molecule has 5 N–H and O–H groups in total. The van der Waals surface area contributed by atoms with E-state index in [2.05, 4.69) is 26.2 Å². The highest BCUT2D eigenvalue weighted by Gasteiger charge is 2.35. The van der Waals surface area contributed by atoms with E-state index < -0.39 is 31.8 Å². The van der Waals surface area contributed by atoms with Gasteiger partial charge in [-0.1, -0.05) is 82.3 Å². The number of thiocarbonyl (C=S) groups is 1. The number of alkyl halides is 3. The molecule has 1 unspecified atom stereocenters. The standard InChI is InChI=1S/C24H21Cl4N5O4S2/c1-14-9-11-17(12-10-14)39(36,37)33-32-21(35)18-7-2-3-8-19(18)29-23(38)31-22(24(26,27)28)30-20(34)15-5-4-6-16(25)13-15/h2-13,22,33H,1H3,(H,30,34)(H,32,35)(H2,29,31,38). The number of para-hydroxylation sites is 1. The van der Waals surface area contributed by atoms with Crippen LogP contribution in [0.15, 0.2) is 77.7 Å². The molecule has 15 heteroatoms. The predicted octanol–water partition coefficient (Wildman–Crippen LogP) is 4.68. The van der Waals surface area contributed by atoms with E-state index in [0.29, 0.717) is 5.02 Å². The molecule has 0 aliphatic carbocycles. The Bertz CT molecular complexity index is 1480. The first kappa shape index (κ1) is 30.9. The number of hydrogen-bond donors (Lipinski definition) is 5. The minimum atomic E-state index is -4.02. The van der Waals surface area contributed by atoms with E-state index >= 15 is 0 Å². The normalized spacial score (nSPS) is 12.2. The van der Waals surface area contributed by atoms with E-state index in [1.54, 1.807) is 36.4 Å². The number of nitrogens with one attached hydrogen (secondary N) is 5. The molecular weight excluding hydrogens is 628 g/mol.